The maximum atomic E-state index is 13.5. The Morgan fingerprint density at radius 3 is 2.29 bits per heavy atom. The highest BCUT2D eigenvalue weighted by Gasteiger charge is 2.47. The molecule has 3 aromatic rings. The summed E-state index contributed by atoms with van der Waals surface area (Å²) in [6.45, 7) is 0. The van der Waals surface area contributed by atoms with E-state index in [-0.39, 0.29) is 22.4 Å². The van der Waals surface area contributed by atoms with E-state index in [9.17, 15) is 34.3 Å². The second-order valence-electron chi connectivity index (χ2n) is 7.38. The number of methoxy groups -OCH3 is 1. The molecule has 0 bridgehead atoms. The smallest absolute Gasteiger partial charge is 0.311 e. The zero-order valence-electron chi connectivity index (χ0n) is 17.6. The Morgan fingerprint density at radius 1 is 1.06 bits per heavy atom. The van der Waals surface area contributed by atoms with Gasteiger partial charge in [0.05, 0.1) is 23.6 Å². The van der Waals surface area contributed by atoms with Crippen molar-refractivity contribution in [1.29, 1.82) is 0 Å². The quantitative estimate of drug-likeness (QED) is 0.191. The van der Waals surface area contributed by atoms with Crippen molar-refractivity contribution in [1.82, 2.24) is 0 Å². The minimum absolute atomic E-state index is 0.0862. The van der Waals surface area contributed by atoms with Gasteiger partial charge in [-0.3, -0.25) is 24.6 Å². The maximum absolute atomic E-state index is 13.5. The predicted molar refractivity (Wildman–Crippen MR) is 119 cm³/mol. The molecule has 34 heavy (non-hydrogen) atoms. The molecule has 1 aliphatic heterocycles. The van der Waals surface area contributed by atoms with E-state index in [1.165, 1.54) is 37.4 Å². The fourth-order valence-electron chi connectivity index (χ4n) is 3.78. The minimum Gasteiger partial charge on any atom is -0.507 e. The lowest BCUT2D eigenvalue weighted by Gasteiger charge is -2.25. The molecule has 1 fully saturated rings. The van der Waals surface area contributed by atoms with Gasteiger partial charge in [-0.25, -0.2) is 4.39 Å². The van der Waals surface area contributed by atoms with Crippen molar-refractivity contribution in [2.45, 2.75) is 6.04 Å². The first kappa shape index (κ1) is 22.5. The number of rotatable bonds is 5. The fourth-order valence-corrected chi connectivity index (χ4v) is 3.78. The molecule has 10 heteroatoms. The van der Waals surface area contributed by atoms with E-state index in [1.807, 2.05) is 0 Å². The molecule has 9 nitrogen and oxygen atoms in total. The molecule has 1 heterocycles. The van der Waals surface area contributed by atoms with Gasteiger partial charge >= 0.3 is 5.69 Å². The van der Waals surface area contributed by atoms with Crippen molar-refractivity contribution in [3.8, 4) is 11.5 Å². The summed E-state index contributed by atoms with van der Waals surface area (Å²) in [4.78, 5) is 37.7. The summed E-state index contributed by atoms with van der Waals surface area (Å²) in [5.74, 6) is -3.24. The Labute approximate surface area is 192 Å². The molecule has 0 aromatic heterocycles. The van der Waals surface area contributed by atoms with Crippen LogP contribution in [-0.2, 0) is 9.59 Å². The average molecular weight is 464 g/mol. The Hall–Kier alpha value is -4.73. The molecule has 1 atom stereocenters. The number of carbonyl (C=O) groups excluding carboxylic acids is 2. The Bertz CT molecular complexity index is 1330. The molecule has 172 valence electrons. The van der Waals surface area contributed by atoms with Crippen LogP contribution < -0.4 is 9.64 Å². The second kappa shape index (κ2) is 8.66. The van der Waals surface area contributed by atoms with E-state index in [0.717, 1.165) is 29.2 Å². The summed E-state index contributed by atoms with van der Waals surface area (Å²) >= 11 is 0. The summed E-state index contributed by atoms with van der Waals surface area (Å²) in [6.07, 6.45) is 0. The maximum Gasteiger partial charge on any atom is 0.311 e. The van der Waals surface area contributed by atoms with Crippen LogP contribution in [0.4, 0.5) is 15.8 Å². The number of Topliss-reactive ketones (excluding diaryl/α,β-unsaturated/α-hetero) is 1. The normalized spacial score (nSPS) is 17.1. The van der Waals surface area contributed by atoms with Gasteiger partial charge in [0.15, 0.2) is 5.75 Å². The number of phenols is 1. The number of aromatic hydroxyl groups is 1. The van der Waals surface area contributed by atoms with E-state index in [4.69, 9.17) is 4.74 Å². The van der Waals surface area contributed by atoms with Crippen LogP contribution in [0.15, 0.2) is 72.3 Å². The van der Waals surface area contributed by atoms with Crippen molar-refractivity contribution in [2.75, 3.05) is 12.0 Å². The van der Waals surface area contributed by atoms with E-state index in [1.54, 1.807) is 12.1 Å². The van der Waals surface area contributed by atoms with Crippen LogP contribution in [0.1, 0.15) is 17.2 Å². The number of nitro benzene ring substituents is 1. The van der Waals surface area contributed by atoms with E-state index < -0.39 is 45.7 Å². The standard InChI is InChI=1S/C24H17FN2O7/c1-34-17-9-2-13(3-10-17)22(29)20-21(14-4-11-19(28)18(12-14)27(32)33)26(24(31)23(20)30)16-7-5-15(25)6-8-16/h2-12,21,28-29H,1H3/b22-20-. The van der Waals surface area contributed by atoms with Crippen molar-refractivity contribution in [2.24, 2.45) is 0 Å². The van der Waals surface area contributed by atoms with Gasteiger partial charge in [0.25, 0.3) is 11.7 Å². The van der Waals surface area contributed by atoms with Gasteiger partial charge in [0.2, 0.25) is 0 Å². The third-order valence-corrected chi connectivity index (χ3v) is 5.42. The lowest BCUT2D eigenvalue weighted by Crippen LogP contribution is -2.29. The number of nitro groups is 1. The largest absolute Gasteiger partial charge is 0.507 e. The number of amides is 1. The van der Waals surface area contributed by atoms with E-state index in [0.29, 0.717) is 5.75 Å². The molecule has 0 radical (unpaired) electrons. The number of halogens is 1. The lowest BCUT2D eigenvalue weighted by atomic mass is 9.94. The molecule has 1 unspecified atom stereocenters. The number of nitrogens with zero attached hydrogens (tertiary/aromatic N) is 2. The van der Waals surface area contributed by atoms with Gasteiger partial charge in [0.1, 0.15) is 17.3 Å². The van der Waals surface area contributed by atoms with Gasteiger partial charge in [-0.2, -0.15) is 0 Å². The number of aliphatic hydroxyl groups is 1. The van der Waals surface area contributed by atoms with Crippen molar-refractivity contribution >= 4 is 28.8 Å². The fraction of sp³-hybridized carbons (Fsp3) is 0.0833. The number of benzene rings is 3. The van der Waals surface area contributed by atoms with Crippen LogP contribution in [-0.4, -0.2) is 33.9 Å². The molecule has 4 rings (SSSR count). The molecule has 1 aliphatic rings. The summed E-state index contributed by atoms with van der Waals surface area (Å²) in [5.41, 5.74) is -0.539. The van der Waals surface area contributed by atoms with Crippen molar-refractivity contribution in [3.05, 3.63) is 99.4 Å². The van der Waals surface area contributed by atoms with E-state index >= 15 is 0 Å². The average Bonchev–Trinajstić information content (AvgIpc) is 3.10. The first-order valence-electron chi connectivity index (χ1n) is 9.91. The van der Waals surface area contributed by atoms with Crippen LogP contribution in [0.25, 0.3) is 5.76 Å². The van der Waals surface area contributed by atoms with Gasteiger partial charge in [-0.05, 0) is 60.2 Å². The van der Waals surface area contributed by atoms with Crippen molar-refractivity contribution in [3.63, 3.8) is 0 Å². The Morgan fingerprint density at radius 2 is 1.71 bits per heavy atom. The van der Waals surface area contributed by atoms with Gasteiger partial charge < -0.3 is 14.9 Å². The van der Waals surface area contributed by atoms with Gasteiger partial charge in [0, 0.05) is 17.3 Å². The topological polar surface area (TPSA) is 130 Å². The second-order valence-corrected chi connectivity index (χ2v) is 7.38. The SMILES string of the molecule is COc1ccc(/C(O)=C2/C(=O)C(=O)N(c3ccc(F)cc3)C2c2ccc(O)c([N+](=O)[O-])c2)cc1. The number of ether oxygens (including phenoxy) is 1. The molecule has 1 amide bonds. The van der Waals surface area contributed by atoms with Crippen LogP contribution in [0.5, 0.6) is 11.5 Å². The van der Waals surface area contributed by atoms with Crippen LogP contribution in [0.3, 0.4) is 0 Å². The molecular formula is C24H17FN2O7. The van der Waals surface area contributed by atoms with Gasteiger partial charge in [-0.1, -0.05) is 6.07 Å². The molecule has 0 saturated carbocycles. The third-order valence-electron chi connectivity index (χ3n) is 5.42. The Kier molecular flexibility index (Phi) is 5.72. The van der Waals surface area contributed by atoms with Crippen LogP contribution in [0.2, 0.25) is 0 Å². The number of carbonyl (C=O) groups is 2. The number of anilines is 1. The molecule has 0 spiro atoms. The number of hydrogen-bond donors (Lipinski definition) is 2. The number of phenolic OH excluding ortho intramolecular Hbond substituents is 1. The Balaban J connectivity index is 1.96. The van der Waals surface area contributed by atoms with E-state index in [2.05, 4.69) is 0 Å². The first-order valence-corrected chi connectivity index (χ1v) is 9.91. The number of ketones is 1. The minimum atomic E-state index is -1.29. The summed E-state index contributed by atoms with van der Waals surface area (Å²) < 4.78 is 18.6. The highest BCUT2D eigenvalue weighted by Crippen LogP contribution is 2.44. The third kappa shape index (κ3) is 3.81. The molecule has 0 aliphatic carbocycles. The number of hydrogen-bond acceptors (Lipinski definition) is 7. The lowest BCUT2D eigenvalue weighted by molar-refractivity contribution is -0.385. The highest BCUT2D eigenvalue weighted by atomic mass is 19.1. The molecule has 1 saturated heterocycles. The summed E-state index contributed by atoms with van der Waals surface area (Å²) in [6, 6.07) is 12.9. The predicted octanol–water partition coefficient (Wildman–Crippen LogP) is 4.07. The zero-order chi connectivity index (χ0) is 24.6. The van der Waals surface area contributed by atoms with Crippen molar-refractivity contribution < 1.29 is 33.9 Å². The van der Waals surface area contributed by atoms with Gasteiger partial charge in [-0.15, -0.1) is 0 Å². The summed E-state index contributed by atoms with van der Waals surface area (Å²) in [5, 5.41) is 32.3. The van der Waals surface area contributed by atoms with Crippen LogP contribution >= 0.6 is 0 Å². The molecule has 3 aromatic carbocycles. The highest BCUT2D eigenvalue weighted by molar-refractivity contribution is 6.51. The zero-order valence-corrected chi connectivity index (χ0v) is 17.6. The molecule has 2 N–H and O–H groups in total. The monoisotopic (exact) mass is 464 g/mol. The summed E-state index contributed by atoms with van der Waals surface area (Å²) in [7, 11) is 1.46. The first-order chi connectivity index (χ1) is 16.2. The number of aliphatic hydroxyl groups excluding tert-OH is 1. The van der Waals surface area contributed by atoms with Crippen LogP contribution in [0, 0.1) is 15.9 Å². The molecular weight excluding hydrogens is 447 g/mol.